The number of ether oxygens (including phenoxy) is 1. The number of nitrogens with one attached hydrogen (secondary N) is 1. The molecular weight excluding hydrogens is 306 g/mol. The minimum Gasteiger partial charge on any atom is -0.375 e. The number of thioether (sulfide) groups is 1. The first-order valence-corrected chi connectivity index (χ1v) is 8.72. The Labute approximate surface area is 142 Å². The van der Waals surface area contributed by atoms with Crippen LogP contribution in [0.25, 0.3) is 0 Å². The van der Waals surface area contributed by atoms with Crippen LogP contribution in [0.1, 0.15) is 23.7 Å². The fourth-order valence-corrected chi connectivity index (χ4v) is 3.21. The lowest BCUT2D eigenvalue weighted by molar-refractivity contribution is -0.121. The molecule has 2 aromatic rings. The van der Waals surface area contributed by atoms with Crippen molar-refractivity contribution < 1.29 is 9.53 Å². The zero-order valence-electron chi connectivity index (χ0n) is 13.6. The molecule has 0 aliphatic carbocycles. The molecule has 23 heavy (non-hydrogen) atoms. The highest BCUT2D eigenvalue weighted by molar-refractivity contribution is 7.99. The van der Waals surface area contributed by atoms with E-state index >= 15 is 0 Å². The van der Waals surface area contributed by atoms with E-state index in [1.165, 1.54) is 10.5 Å². The fourth-order valence-electron chi connectivity index (χ4n) is 2.34. The normalized spacial score (nSPS) is 11.9. The first kappa shape index (κ1) is 17.6. The van der Waals surface area contributed by atoms with Gasteiger partial charge in [0.25, 0.3) is 0 Å². The number of carbonyl (C=O) groups is 1. The predicted molar refractivity (Wildman–Crippen MR) is 95.7 cm³/mol. The summed E-state index contributed by atoms with van der Waals surface area (Å²) in [4.78, 5) is 13.2. The Bertz CT molecular complexity index is 616. The maximum Gasteiger partial charge on any atom is 0.220 e. The standard InChI is InChI=1S/C19H23NO2S/c1-15-8-6-7-11-17(15)18(22-2)14-20-19(21)12-13-23-16-9-4-3-5-10-16/h3-11,18H,12-14H2,1-2H3,(H,20,21). The van der Waals surface area contributed by atoms with Gasteiger partial charge >= 0.3 is 0 Å². The van der Waals surface area contributed by atoms with Gasteiger partial charge in [0.05, 0.1) is 6.10 Å². The molecule has 0 radical (unpaired) electrons. The summed E-state index contributed by atoms with van der Waals surface area (Å²) in [5, 5.41) is 2.97. The van der Waals surface area contributed by atoms with Gasteiger partial charge in [-0.3, -0.25) is 4.79 Å². The monoisotopic (exact) mass is 329 g/mol. The molecule has 122 valence electrons. The highest BCUT2D eigenvalue weighted by Crippen LogP contribution is 2.20. The zero-order chi connectivity index (χ0) is 16.5. The van der Waals surface area contributed by atoms with Crippen LogP contribution in [0.2, 0.25) is 0 Å². The third-order valence-corrected chi connectivity index (χ3v) is 4.66. The highest BCUT2D eigenvalue weighted by Gasteiger charge is 2.13. The van der Waals surface area contributed by atoms with E-state index in [4.69, 9.17) is 4.74 Å². The molecule has 4 heteroatoms. The quantitative estimate of drug-likeness (QED) is 0.745. The molecule has 1 N–H and O–H groups in total. The number of hydrogen-bond acceptors (Lipinski definition) is 3. The summed E-state index contributed by atoms with van der Waals surface area (Å²) in [5.41, 5.74) is 2.29. The van der Waals surface area contributed by atoms with Crippen molar-refractivity contribution in [2.45, 2.75) is 24.3 Å². The van der Waals surface area contributed by atoms with Gasteiger partial charge in [-0.05, 0) is 30.2 Å². The van der Waals surface area contributed by atoms with Gasteiger partial charge in [0, 0.05) is 30.7 Å². The molecule has 0 aliphatic heterocycles. The van der Waals surface area contributed by atoms with Crippen molar-refractivity contribution in [2.75, 3.05) is 19.4 Å². The molecule has 0 fully saturated rings. The summed E-state index contributed by atoms with van der Waals surface area (Å²) in [6.07, 6.45) is 0.394. The maximum absolute atomic E-state index is 12.0. The number of carbonyl (C=O) groups excluding carboxylic acids is 1. The van der Waals surface area contributed by atoms with E-state index in [0.29, 0.717) is 13.0 Å². The molecule has 1 unspecified atom stereocenters. The van der Waals surface area contributed by atoms with Crippen LogP contribution in [0.3, 0.4) is 0 Å². The van der Waals surface area contributed by atoms with Crippen molar-refractivity contribution in [3.8, 4) is 0 Å². The van der Waals surface area contributed by atoms with Gasteiger partial charge in [0.15, 0.2) is 0 Å². The van der Waals surface area contributed by atoms with Crippen LogP contribution in [0.4, 0.5) is 0 Å². The average molecular weight is 329 g/mol. The molecule has 3 nitrogen and oxygen atoms in total. The van der Waals surface area contributed by atoms with E-state index in [2.05, 4.69) is 30.4 Å². The second kappa shape index (κ2) is 9.38. The largest absolute Gasteiger partial charge is 0.375 e. The molecule has 2 rings (SSSR count). The zero-order valence-corrected chi connectivity index (χ0v) is 14.4. The Morgan fingerprint density at radius 2 is 1.83 bits per heavy atom. The lowest BCUT2D eigenvalue weighted by Gasteiger charge is -2.18. The molecule has 0 saturated heterocycles. The van der Waals surface area contributed by atoms with Crippen LogP contribution in [-0.2, 0) is 9.53 Å². The number of methoxy groups -OCH3 is 1. The number of hydrogen-bond donors (Lipinski definition) is 1. The van der Waals surface area contributed by atoms with Crippen LogP contribution >= 0.6 is 11.8 Å². The van der Waals surface area contributed by atoms with Gasteiger partial charge in [-0.25, -0.2) is 0 Å². The Morgan fingerprint density at radius 1 is 1.13 bits per heavy atom. The van der Waals surface area contributed by atoms with Crippen molar-refractivity contribution in [2.24, 2.45) is 0 Å². The molecule has 0 aliphatic rings. The molecule has 0 heterocycles. The van der Waals surface area contributed by atoms with Gasteiger partial charge in [-0.2, -0.15) is 0 Å². The molecule has 0 bridgehead atoms. The Hall–Kier alpha value is -1.78. The van der Waals surface area contributed by atoms with Gasteiger partial charge in [0.1, 0.15) is 0 Å². The molecular formula is C19H23NO2S. The van der Waals surface area contributed by atoms with Gasteiger partial charge in [-0.1, -0.05) is 42.5 Å². The van der Waals surface area contributed by atoms with Crippen LogP contribution in [0, 0.1) is 6.92 Å². The summed E-state index contributed by atoms with van der Waals surface area (Å²) in [6, 6.07) is 18.2. The van der Waals surface area contributed by atoms with Crippen LogP contribution < -0.4 is 5.32 Å². The Morgan fingerprint density at radius 3 is 2.52 bits per heavy atom. The maximum atomic E-state index is 12.0. The first-order valence-electron chi connectivity index (χ1n) is 7.73. The van der Waals surface area contributed by atoms with E-state index < -0.39 is 0 Å². The first-order chi connectivity index (χ1) is 11.2. The van der Waals surface area contributed by atoms with Gasteiger partial charge in [0.2, 0.25) is 5.91 Å². The lowest BCUT2D eigenvalue weighted by Crippen LogP contribution is -2.29. The van der Waals surface area contributed by atoms with Crippen molar-refractivity contribution >= 4 is 17.7 Å². The summed E-state index contributed by atoms with van der Waals surface area (Å²) < 4.78 is 5.52. The van der Waals surface area contributed by atoms with Crippen molar-refractivity contribution in [1.82, 2.24) is 5.32 Å². The average Bonchev–Trinajstić information content (AvgIpc) is 2.58. The second-order valence-electron chi connectivity index (χ2n) is 5.30. The van der Waals surface area contributed by atoms with Crippen LogP contribution in [0.5, 0.6) is 0 Å². The number of amides is 1. The molecule has 2 aromatic carbocycles. The van der Waals surface area contributed by atoms with Gasteiger partial charge < -0.3 is 10.1 Å². The molecule has 1 atom stereocenters. The van der Waals surface area contributed by atoms with Crippen LogP contribution in [0.15, 0.2) is 59.5 Å². The Balaban J connectivity index is 1.75. The van der Waals surface area contributed by atoms with E-state index in [9.17, 15) is 4.79 Å². The summed E-state index contributed by atoms with van der Waals surface area (Å²) in [7, 11) is 1.68. The SMILES string of the molecule is COC(CNC(=O)CCSc1ccccc1)c1ccccc1C. The Kier molecular flexibility index (Phi) is 7.17. The van der Waals surface area contributed by atoms with Crippen molar-refractivity contribution in [3.63, 3.8) is 0 Å². The summed E-state index contributed by atoms with van der Waals surface area (Å²) in [5.74, 6) is 0.835. The summed E-state index contributed by atoms with van der Waals surface area (Å²) >= 11 is 1.70. The number of aryl methyl sites for hydroxylation is 1. The van der Waals surface area contributed by atoms with Gasteiger partial charge in [-0.15, -0.1) is 11.8 Å². The van der Waals surface area contributed by atoms with E-state index in [1.54, 1.807) is 18.9 Å². The van der Waals surface area contributed by atoms with Crippen LogP contribution in [-0.4, -0.2) is 25.3 Å². The molecule has 0 spiro atoms. The number of rotatable bonds is 8. The lowest BCUT2D eigenvalue weighted by atomic mass is 10.0. The smallest absolute Gasteiger partial charge is 0.220 e. The van der Waals surface area contributed by atoms with Crippen molar-refractivity contribution in [1.29, 1.82) is 0 Å². The minimum absolute atomic E-state index is 0.0593. The van der Waals surface area contributed by atoms with E-state index in [-0.39, 0.29) is 12.0 Å². The third kappa shape index (κ3) is 5.73. The van der Waals surface area contributed by atoms with E-state index in [1.807, 2.05) is 36.4 Å². The predicted octanol–water partition coefficient (Wildman–Crippen LogP) is 3.98. The topological polar surface area (TPSA) is 38.3 Å². The minimum atomic E-state index is -0.109. The fraction of sp³-hybridized carbons (Fsp3) is 0.316. The second-order valence-corrected chi connectivity index (χ2v) is 6.46. The molecule has 0 aromatic heterocycles. The summed E-state index contributed by atoms with van der Waals surface area (Å²) in [6.45, 7) is 2.55. The van der Waals surface area contributed by atoms with E-state index in [0.717, 1.165) is 11.3 Å². The third-order valence-electron chi connectivity index (χ3n) is 3.65. The van der Waals surface area contributed by atoms with Crippen molar-refractivity contribution in [3.05, 3.63) is 65.7 Å². The highest BCUT2D eigenvalue weighted by atomic mass is 32.2. The molecule has 0 saturated carbocycles. The number of benzene rings is 2. The molecule has 1 amide bonds.